The van der Waals surface area contributed by atoms with Gasteiger partial charge in [0.25, 0.3) is 0 Å². The first kappa shape index (κ1) is 16.3. The van der Waals surface area contributed by atoms with Crippen LogP contribution in [-0.4, -0.2) is 20.1 Å². The van der Waals surface area contributed by atoms with Crippen molar-refractivity contribution in [1.82, 2.24) is 5.32 Å². The van der Waals surface area contributed by atoms with Crippen molar-refractivity contribution in [2.45, 2.75) is 45.6 Å². The molecule has 0 aromatic heterocycles. The van der Waals surface area contributed by atoms with Gasteiger partial charge in [-0.15, -0.1) is 0 Å². The van der Waals surface area contributed by atoms with Gasteiger partial charge in [-0.1, -0.05) is 19.4 Å². The number of hydrogen-bond donors (Lipinski definition) is 1. The minimum atomic E-state index is -0.440. The van der Waals surface area contributed by atoms with Crippen molar-refractivity contribution in [3.63, 3.8) is 0 Å². The summed E-state index contributed by atoms with van der Waals surface area (Å²) in [6.07, 6.45) is 2.49. The van der Waals surface area contributed by atoms with E-state index in [1.54, 1.807) is 14.2 Å². The lowest BCUT2D eigenvalue weighted by atomic mass is 9.93. The van der Waals surface area contributed by atoms with Crippen molar-refractivity contribution in [3.05, 3.63) is 23.8 Å². The molecule has 0 atom stereocenters. The maximum Gasteiger partial charge on any atom is 0.220 e. The molecule has 112 valence electrons. The van der Waals surface area contributed by atoms with Crippen LogP contribution in [0.25, 0.3) is 0 Å². The summed E-state index contributed by atoms with van der Waals surface area (Å²) in [6, 6.07) is 5.70. The van der Waals surface area contributed by atoms with Crippen LogP contribution in [-0.2, 0) is 10.3 Å². The summed E-state index contributed by atoms with van der Waals surface area (Å²) < 4.78 is 10.5. The van der Waals surface area contributed by atoms with Crippen molar-refractivity contribution in [3.8, 4) is 11.5 Å². The number of unbranched alkanes of at least 4 members (excludes halogenated alkanes) is 1. The number of benzene rings is 1. The highest BCUT2D eigenvalue weighted by atomic mass is 16.5. The van der Waals surface area contributed by atoms with Crippen molar-refractivity contribution >= 4 is 5.91 Å². The van der Waals surface area contributed by atoms with Gasteiger partial charge in [-0.3, -0.25) is 4.79 Å². The first-order valence-electron chi connectivity index (χ1n) is 6.98. The third-order valence-electron chi connectivity index (χ3n) is 3.31. The fourth-order valence-corrected chi connectivity index (χ4v) is 2.05. The maximum absolute atomic E-state index is 11.9. The average Bonchev–Trinajstić information content (AvgIpc) is 2.43. The summed E-state index contributed by atoms with van der Waals surface area (Å²) in [5.41, 5.74) is 0.546. The molecule has 0 aliphatic heterocycles. The van der Waals surface area contributed by atoms with Crippen molar-refractivity contribution in [2.75, 3.05) is 14.2 Å². The van der Waals surface area contributed by atoms with E-state index < -0.39 is 5.54 Å². The van der Waals surface area contributed by atoms with Gasteiger partial charge < -0.3 is 14.8 Å². The van der Waals surface area contributed by atoms with Gasteiger partial charge in [0.2, 0.25) is 5.91 Å². The molecule has 1 aromatic carbocycles. The third-order valence-corrected chi connectivity index (χ3v) is 3.31. The number of carbonyl (C=O) groups is 1. The van der Waals surface area contributed by atoms with Gasteiger partial charge in [0.05, 0.1) is 19.8 Å². The molecule has 1 amide bonds. The van der Waals surface area contributed by atoms with E-state index in [9.17, 15) is 4.79 Å². The highest BCUT2D eigenvalue weighted by molar-refractivity contribution is 5.77. The molecule has 0 bridgehead atoms. The molecule has 4 heteroatoms. The van der Waals surface area contributed by atoms with E-state index >= 15 is 0 Å². The summed E-state index contributed by atoms with van der Waals surface area (Å²) in [6.45, 7) is 6.04. The van der Waals surface area contributed by atoms with E-state index in [0.717, 1.165) is 18.4 Å². The van der Waals surface area contributed by atoms with Crippen LogP contribution in [0, 0.1) is 0 Å². The van der Waals surface area contributed by atoms with Gasteiger partial charge in [0.1, 0.15) is 0 Å². The smallest absolute Gasteiger partial charge is 0.220 e. The molecular formula is C16H25NO3. The van der Waals surface area contributed by atoms with Crippen LogP contribution in [0.3, 0.4) is 0 Å². The lowest BCUT2D eigenvalue weighted by Crippen LogP contribution is -2.40. The third kappa shape index (κ3) is 4.15. The predicted molar refractivity (Wildman–Crippen MR) is 80.2 cm³/mol. The molecule has 0 aliphatic carbocycles. The second-order valence-electron chi connectivity index (χ2n) is 5.35. The van der Waals surface area contributed by atoms with E-state index in [1.165, 1.54) is 0 Å². The molecular weight excluding hydrogens is 254 g/mol. The number of hydrogen-bond acceptors (Lipinski definition) is 3. The Morgan fingerprint density at radius 2 is 1.85 bits per heavy atom. The zero-order valence-corrected chi connectivity index (χ0v) is 13.1. The van der Waals surface area contributed by atoms with Crippen molar-refractivity contribution < 1.29 is 14.3 Å². The number of rotatable bonds is 7. The van der Waals surface area contributed by atoms with Crippen LogP contribution in [0.1, 0.15) is 45.6 Å². The van der Waals surface area contributed by atoms with Crippen LogP contribution in [0.5, 0.6) is 11.5 Å². The van der Waals surface area contributed by atoms with E-state index in [0.29, 0.717) is 17.9 Å². The molecule has 0 unspecified atom stereocenters. The fourth-order valence-electron chi connectivity index (χ4n) is 2.05. The molecule has 0 aliphatic rings. The van der Waals surface area contributed by atoms with Gasteiger partial charge >= 0.3 is 0 Å². The van der Waals surface area contributed by atoms with Gasteiger partial charge in [0.15, 0.2) is 11.5 Å². The normalized spacial score (nSPS) is 11.1. The topological polar surface area (TPSA) is 47.6 Å². The number of ether oxygens (including phenoxy) is 2. The van der Waals surface area contributed by atoms with Crippen LogP contribution in [0.2, 0.25) is 0 Å². The van der Waals surface area contributed by atoms with E-state index in [4.69, 9.17) is 9.47 Å². The number of amides is 1. The molecule has 1 rings (SSSR count). The molecule has 0 spiro atoms. The van der Waals surface area contributed by atoms with Gasteiger partial charge in [-0.25, -0.2) is 0 Å². The lowest BCUT2D eigenvalue weighted by molar-refractivity contribution is -0.122. The number of methoxy groups -OCH3 is 2. The van der Waals surface area contributed by atoms with Gasteiger partial charge in [-0.2, -0.15) is 0 Å². The molecule has 0 saturated carbocycles. The molecule has 4 nitrogen and oxygen atoms in total. The Balaban J connectivity index is 2.88. The summed E-state index contributed by atoms with van der Waals surface area (Å²) in [4.78, 5) is 11.9. The van der Waals surface area contributed by atoms with E-state index in [-0.39, 0.29) is 5.91 Å². The highest BCUT2D eigenvalue weighted by Crippen LogP contribution is 2.32. The molecule has 1 N–H and O–H groups in total. The molecule has 1 aromatic rings. The van der Waals surface area contributed by atoms with E-state index in [1.807, 2.05) is 32.0 Å². The highest BCUT2D eigenvalue weighted by Gasteiger charge is 2.23. The number of carbonyl (C=O) groups excluding carboxylic acids is 1. The molecule has 0 radical (unpaired) electrons. The van der Waals surface area contributed by atoms with Crippen LogP contribution in [0.4, 0.5) is 0 Å². The standard InChI is InChI=1S/C16H25NO3/c1-6-7-8-15(18)17-16(2,3)12-9-10-13(19-4)14(11-12)20-5/h9-11H,6-8H2,1-5H3,(H,17,18). The Hall–Kier alpha value is -1.71. The Kier molecular flexibility index (Phi) is 5.86. The van der Waals surface area contributed by atoms with Gasteiger partial charge in [-0.05, 0) is 38.0 Å². The Bertz CT molecular complexity index is 455. The van der Waals surface area contributed by atoms with E-state index in [2.05, 4.69) is 12.2 Å². The first-order valence-corrected chi connectivity index (χ1v) is 6.98. The minimum Gasteiger partial charge on any atom is -0.493 e. The second-order valence-corrected chi connectivity index (χ2v) is 5.35. The van der Waals surface area contributed by atoms with Crippen LogP contribution in [0.15, 0.2) is 18.2 Å². The molecule has 0 saturated heterocycles. The average molecular weight is 279 g/mol. The minimum absolute atomic E-state index is 0.0756. The van der Waals surface area contributed by atoms with Crippen molar-refractivity contribution in [2.24, 2.45) is 0 Å². The maximum atomic E-state index is 11.9. The quantitative estimate of drug-likeness (QED) is 0.833. The Morgan fingerprint density at radius 3 is 2.40 bits per heavy atom. The fraction of sp³-hybridized carbons (Fsp3) is 0.562. The molecule has 20 heavy (non-hydrogen) atoms. The summed E-state index contributed by atoms with van der Waals surface area (Å²) in [5.74, 6) is 1.43. The largest absolute Gasteiger partial charge is 0.493 e. The summed E-state index contributed by atoms with van der Waals surface area (Å²) >= 11 is 0. The van der Waals surface area contributed by atoms with Gasteiger partial charge in [0, 0.05) is 6.42 Å². The number of nitrogens with one attached hydrogen (secondary N) is 1. The molecule has 0 fully saturated rings. The van der Waals surface area contributed by atoms with Crippen molar-refractivity contribution in [1.29, 1.82) is 0 Å². The predicted octanol–water partition coefficient (Wildman–Crippen LogP) is 3.25. The zero-order valence-electron chi connectivity index (χ0n) is 13.1. The second kappa shape index (κ2) is 7.17. The molecule has 0 heterocycles. The Labute approximate surface area is 121 Å². The zero-order chi connectivity index (χ0) is 15.2. The lowest BCUT2D eigenvalue weighted by Gasteiger charge is -2.27. The monoisotopic (exact) mass is 279 g/mol. The van der Waals surface area contributed by atoms with Crippen LogP contribution < -0.4 is 14.8 Å². The Morgan fingerprint density at radius 1 is 1.20 bits per heavy atom. The SMILES string of the molecule is CCCCC(=O)NC(C)(C)c1ccc(OC)c(OC)c1. The summed E-state index contributed by atoms with van der Waals surface area (Å²) in [5, 5.41) is 3.06. The first-order chi connectivity index (χ1) is 9.44. The van der Waals surface area contributed by atoms with Crippen LogP contribution >= 0.6 is 0 Å². The summed E-state index contributed by atoms with van der Waals surface area (Å²) in [7, 11) is 3.21.